The molecule has 0 saturated heterocycles. The van der Waals surface area contributed by atoms with Crippen molar-refractivity contribution in [2.24, 2.45) is 5.10 Å². The zero-order valence-corrected chi connectivity index (χ0v) is 13.7. The van der Waals surface area contributed by atoms with Crippen LogP contribution in [0.4, 0.5) is 0 Å². The van der Waals surface area contributed by atoms with Crippen LogP contribution in [0.1, 0.15) is 29.5 Å². The highest BCUT2D eigenvalue weighted by molar-refractivity contribution is 5.79. The average molecular weight is 310 g/mol. The van der Waals surface area contributed by atoms with Gasteiger partial charge in [-0.1, -0.05) is 55.0 Å². The first kappa shape index (κ1) is 16.7. The van der Waals surface area contributed by atoms with Gasteiger partial charge in [-0.2, -0.15) is 5.10 Å². The zero-order chi connectivity index (χ0) is 16.7. The second-order valence-corrected chi connectivity index (χ2v) is 5.57. The standard InChI is InChI=1S/C19H22N2O2/c1-14-9-10-18(15(2)11-14)23-13-19(22)21-20-12-16(3)17-7-5-4-6-8-17/h4-12,16H,13H2,1-3H3,(H,21,22)/b20-12+/t16-/m1/s1. The van der Waals surface area contributed by atoms with E-state index in [0.29, 0.717) is 5.75 Å². The Morgan fingerprint density at radius 3 is 2.65 bits per heavy atom. The molecule has 0 bridgehead atoms. The molecule has 120 valence electrons. The van der Waals surface area contributed by atoms with Crippen LogP contribution >= 0.6 is 0 Å². The van der Waals surface area contributed by atoms with E-state index in [0.717, 1.165) is 11.1 Å². The Balaban J connectivity index is 1.80. The van der Waals surface area contributed by atoms with Crippen LogP contribution in [-0.4, -0.2) is 18.7 Å². The maximum absolute atomic E-state index is 11.8. The summed E-state index contributed by atoms with van der Waals surface area (Å²) in [6.45, 7) is 5.95. The molecule has 1 N–H and O–H groups in total. The highest BCUT2D eigenvalue weighted by Crippen LogP contribution is 2.18. The third-order valence-corrected chi connectivity index (χ3v) is 3.50. The Hall–Kier alpha value is -2.62. The van der Waals surface area contributed by atoms with E-state index < -0.39 is 0 Å². The summed E-state index contributed by atoms with van der Waals surface area (Å²) in [5.41, 5.74) is 5.82. The quantitative estimate of drug-likeness (QED) is 0.655. The minimum atomic E-state index is -0.276. The third kappa shape index (κ3) is 5.25. The molecule has 0 aromatic heterocycles. The van der Waals surface area contributed by atoms with Gasteiger partial charge >= 0.3 is 0 Å². The summed E-state index contributed by atoms with van der Waals surface area (Å²) in [6, 6.07) is 15.8. The monoisotopic (exact) mass is 310 g/mol. The number of nitrogens with zero attached hydrogens (tertiary/aromatic N) is 1. The van der Waals surface area contributed by atoms with Gasteiger partial charge in [-0.25, -0.2) is 5.43 Å². The van der Waals surface area contributed by atoms with Crippen LogP contribution < -0.4 is 10.2 Å². The van der Waals surface area contributed by atoms with Gasteiger partial charge in [0.1, 0.15) is 5.75 Å². The number of rotatable bonds is 6. The molecule has 2 rings (SSSR count). The van der Waals surface area contributed by atoms with Crippen LogP contribution in [0.25, 0.3) is 0 Å². The van der Waals surface area contributed by atoms with Crippen molar-refractivity contribution in [2.75, 3.05) is 6.61 Å². The van der Waals surface area contributed by atoms with Crippen molar-refractivity contribution in [3.05, 3.63) is 65.2 Å². The van der Waals surface area contributed by atoms with Crippen LogP contribution in [0.3, 0.4) is 0 Å². The van der Waals surface area contributed by atoms with E-state index in [1.54, 1.807) is 6.21 Å². The first-order valence-corrected chi connectivity index (χ1v) is 7.63. The molecule has 0 unspecified atom stereocenters. The van der Waals surface area contributed by atoms with Crippen molar-refractivity contribution >= 4 is 12.1 Å². The van der Waals surface area contributed by atoms with Gasteiger partial charge in [0, 0.05) is 12.1 Å². The molecule has 0 heterocycles. The number of aryl methyl sites for hydroxylation is 2. The van der Waals surface area contributed by atoms with Crippen LogP contribution in [-0.2, 0) is 4.79 Å². The van der Waals surface area contributed by atoms with Crippen molar-refractivity contribution in [3.8, 4) is 5.75 Å². The molecule has 23 heavy (non-hydrogen) atoms. The summed E-state index contributed by atoms with van der Waals surface area (Å²) in [7, 11) is 0. The van der Waals surface area contributed by atoms with Gasteiger partial charge < -0.3 is 4.74 Å². The van der Waals surface area contributed by atoms with Gasteiger partial charge in [0.05, 0.1) is 0 Å². The van der Waals surface area contributed by atoms with Gasteiger partial charge in [-0.15, -0.1) is 0 Å². The first-order valence-electron chi connectivity index (χ1n) is 7.63. The second-order valence-electron chi connectivity index (χ2n) is 5.57. The molecule has 0 spiro atoms. The second kappa shape index (κ2) is 8.13. The molecule has 2 aromatic carbocycles. The van der Waals surface area contributed by atoms with Crippen LogP contribution in [0.5, 0.6) is 5.75 Å². The van der Waals surface area contributed by atoms with Crippen LogP contribution in [0.2, 0.25) is 0 Å². The normalized spacial score (nSPS) is 12.1. The van der Waals surface area contributed by atoms with E-state index in [2.05, 4.69) is 10.5 Å². The Morgan fingerprint density at radius 2 is 1.96 bits per heavy atom. The van der Waals surface area contributed by atoms with E-state index in [1.807, 2.05) is 69.3 Å². The molecule has 0 fully saturated rings. The fourth-order valence-electron chi connectivity index (χ4n) is 2.20. The summed E-state index contributed by atoms with van der Waals surface area (Å²) >= 11 is 0. The lowest BCUT2D eigenvalue weighted by atomic mass is 10.0. The number of carbonyl (C=O) groups excluding carboxylic acids is 1. The van der Waals surface area contributed by atoms with E-state index in [9.17, 15) is 4.79 Å². The zero-order valence-electron chi connectivity index (χ0n) is 13.7. The minimum absolute atomic E-state index is 0.0546. The number of hydrogen-bond donors (Lipinski definition) is 1. The Labute approximate surface area is 137 Å². The number of hydrazone groups is 1. The maximum Gasteiger partial charge on any atom is 0.277 e. The Bertz CT molecular complexity index is 681. The lowest BCUT2D eigenvalue weighted by molar-refractivity contribution is -0.123. The lowest BCUT2D eigenvalue weighted by Crippen LogP contribution is -2.25. The fourth-order valence-corrected chi connectivity index (χ4v) is 2.20. The topological polar surface area (TPSA) is 50.7 Å². The first-order chi connectivity index (χ1) is 11.1. The van der Waals surface area contributed by atoms with Crippen molar-refractivity contribution in [3.63, 3.8) is 0 Å². The molecule has 0 aliphatic rings. The minimum Gasteiger partial charge on any atom is -0.483 e. The Morgan fingerprint density at radius 1 is 1.22 bits per heavy atom. The molecule has 4 nitrogen and oxygen atoms in total. The predicted octanol–water partition coefficient (Wildman–Crippen LogP) is 3.59. The molecule has 1 amide bonds. The maximum atomic E-state index is 11.8. The van der Waals surface area contributed by atoms with Gasteiger partial charge in [0.25, 0.3) is 5.91 Å². The number of benzene rings is 2. The van der Waals surface area contributed by atoms with Crippen molar-refractivity contribution in [1.29, 1.82) is 0 Å². The van der Waals surface area contributed by atoms with Gasteiger partial charge in [0.2, 0.25) is 0 Å². The molecule has 0 radical (unpaired) electrons. The summed E-state index contributed by atoms with van der Waals surface area (Å²) in [4.78, 5) is 11.8. The molecular weight excluding hydrogens is 288 g/mol. The summed E-state index contributed by atoms with van der Waals surface area (Å²) in [6.07, 6.45) is 1.71. The van der Waals surface area contributed by atoms with Crippen LogP contribution in [0, 0.1) is 13.8 Å². The number of carbonyl (C=O) groups is 1. The SMILES string of the molecule is Cc1ccc(OCC(=O)N/N=C/[C@@H](C)c2ccccc2)c(C)c1. The van der Waals surface area contributed by atoms with Crippen molar-refractivity contribution in [1.82, 2.24) is 5.43 Å². The molecule has 4 heteroatoms. The summed E-state index contributed by atoms with van der Waals surface area (Å²) in [5.74, 6) is 0.575. The molecule has 1 atom stereocenters. The summed E-state index contributed by atoms with van der Waals surface area (Å²) < 4.78 is 5.51. The molecule has 2 aromatic rings. The highest BCUT2D eigenvalue weighted by Gasteiger charge is 2.05. The van der Waals surface area contributed by atoms with Crippen LogP contribution in [0.15, 0.2) is 53.6 Å². The average Bonchev–Trinajstić information content (AvgIpc) is 2.54. The van der Waals surface area contributed by atoms with E-state index in [1.165, 1.54) is 5.56 Å². The number of hydrogen-bond acceptors (Lipinski definition) is 3. The smallest absolute Gasteiger partial charge is 0.277 e. The number of amides is 1. The summed E-state index contributed by atoms with van der Waals surface area (Å²) in [5, 5.41) is 3.99. The van der Waals surface area contributed by atoms with E-state index >= 15 is 0 Å². The fraction of sp³-hybridized carbons (Fsp3) is 0.263. The van der Waals surface area contributed by atoms with Gasteiger partial charge in [-0.05, 0) is 31.0 Å². The molecule has 0 aliphatic carbocycles. The van der Waals surface area contributed by atoms with Crippen molar-refractivity contribution < 1.29 is 9.53 Å². The molecule has 0 aliphatic heterocycles. The van der Waals surface area contributed by atoms with E-state index in [-0.39, 0.29) is 18.4 Å². The van der Waals surface area contributed by atoms with Crippen molar-refractivity contribution in [2.45, 2.75) is 26.7 Å². The highest BCUT2D eigenvalue weighted by atomic mass is 16.5. The molecular formula is C19H22N2O2. The predicted molar refractivity (Wildman–Crippen MR) is 92.9 cm³/mol. The van der Waals surface area contributed by atoms with Gasteiger partial charge in [-0.3, -0.25) is 4.79 Å². The number of nitrogens with one attached hydrogen (secondary N) is 1. The number of ether oxygens (including phenoxy) is 1. The largest absolute Gasteiger partial charge is 0.483 e. The molecule has 0 saturated carbocycles. The third-order valence-electron chi connectivity index (χ3n) is 3.50. The van der Waals surface area contributed by atoms with E-state index in [4.69, 9.17) is 4.74 Å². The Kier molecular flexibility index (Phi) is 5.92. The van der Waals surface area contributed by atoms with Gasteiger partial charge in [0.15, 0.2) is 6.61 Å². The lowest BCUT2D eigenvalue weighted by Gasteiger charge is -2.09.